The third-order valence-electron chi connectivity index (χ3n) is 3.91. The fourth-order valence-electron chi connectivity index (χ4n) is 2.80. The van der Waals surface area contributed by atoms with Gasteiger partial charge in [-0.3, -0.25) is 9.69 Å². The van der Waals surface area contributed by atoms with Crippen LogP contribution < -0.4 is 4.90 Å². The molecule has 1 saturated heterocycles. The summed E-state index contributed by atoms with van der Waals surface area (Å²) in [4.78, 5) is 26.6. The van der Waals surface area contributed by atoms with Gasteiger partial charge in [-0.1, -0.05) is 18.2 Å². The normalized spacial score (nSPS) is 22.1. The summed E-state index contributed by atoms with van der Waals surface area (Å²) < 4.78 is 0. The van der Waals surface area contributed by atoms with Crippen LogP contribution >= 0.6 is 0 Å². The smallest absolute Gasteiger partial charge is 0.324 e. The Bertz CT molecular complexity index is 537. The average molecular weight is 260 g/mol. The SMILES string of the molecule is CC1Cc2ccccc2N1C(=O)N1CC(C(=O)O)C1. The molecule has 1 atom stereocenters. The maximum Gasteiger partial charge on any atom is 0.324 e. The molecule has 0 aliphatic carbocycles. The lowest BCUT2D eigenvalue weighted by atomic mass is 10.0. The zero-order valence-corrected chi connectivity index (χ0v) is 10.7. The van der Waals surface area contributed by atoms with Crippen molar-refractivity contribution in [2.75, 3.05) is 18.0 Å². The van der Waals surface area contributed by atoms with Crippen molar-refractivity contribution in [3.8, 4) is 0 Å². The Morgan fingerprint density at radius 1 is 1.26 bits per heavy atom. The quantitative estimate of drug-likeness (QED) is 0.833. The minimum absolute atomic E-state index is 0.0741. The van der Waals surface area contributed by atoms with Gasteiger partial charge in [0.25, 0.3) is 0 Å². The van der Waals surface area contributed by atoms with Gasteiger partial charge >= 0.3 is 12.0 Å². The van der Waals surface area contributed by atoms with Gasteiger partial charge in [-0.05, 0) is 25.0 Å². The lowest BCUT2D eigenvalue weighted by Crippen LogP contribution is -2.58. The summed E-state index contributed by atoms with van der Waals surface area (Å²) >= 11 is 0. The van der Waals surface area contributed by atoms with Crippen molar-refractivity contribution in [1.82, 2.24) is 4.90 Å². The molecule has 0 aromatic heterocycles. The monoisotopic (exact) mass is 260 g/mol. The van der Waals surface area contributed by atoms with E-state index in [0.29, 0.717) is 13.1 Å². The van der Waals surface area contributed by atoms with Crippen LogP contribution in [0.25, 0.3) is 0 Å². The Balaban J connectivity index is 1.76. The predicted molar refractivity (Wildman–Crippen MR) is 70.2 cm³/mol. The molecule has 19 heavy (non-hydrogen) atoms. The van der Waals surface area contributed by atoms with Crippen molar-refractivity contribution in [1.29, 1.82) is 0 Å². The van der Waals surface area contributed by atoms with E-state index in [1.807, 2.05) is 31.2 Å². The van der Waals surface area contributed by atoms with Gasteiger partial charge in [0.05, 0.1) is 5.92 Å². The van der Waals surface area contributed by atoms with E-state index in [0.717, 1.165) is 12.1 Å². The van der Waals surface area contributed by atoms with Crippen LogP contribution in [0.2, 0.25) is 0 Å². The molecule has 0 bridgehead atoms. The molecule has 2 aliphatic rings. The average Bonchev–Trinajstić information content (AvgIpc) is 2.61. The van der Waals surface area contributed by atoms with Crippen LogP contribution in [0.3, 0.4) is 0 Å². The van der Waals surface area contributed by atoms with Gasteiger partial charge in [0.1, 0.15) is 0 Å². The van der Waals surface area contributed by atoms with Crippen LogP contribution in [0.15, 0.2) is 24.3 Å². The van der Waals surface area contributed by atoms with Crippen LogP contribution in [-0.4, -0.2) is 41.1 Å². The second-order valence-corrected chi connectivity index (χ2v) is 5.27. The van der Waals surface area contributed by atoms with Crippen LogP contribution in [0.1, 0.15) is 12.5 Å². The number of carboxylic acids is 1. The minimum Gasteiger partial charge on any atom is -0.481 e. The van der Waals surface area contributed by atoms with E-state index in [1.165, 1.54) is 5.56 Å². The van der Waals surface area contributed by atoms with Crippen molar-refractivity contribution in [2.45, 2.75) is 19.4 Å². The Labute approximate surface area is 111 Å². The molecule has 3 rings (SSSR count). The molecular weight excluding hydrogens is 244 g/mol. The van der Waals surface area contributed by atoms with Gasteiger partial charge in [-0.15, -0.1) is 0 Å². The minimum atomic E-state index is -0.820. The molecular formula is C14H16N2O3. The highest BCUT2D eigenvalue weighted by atomic mass is 16.4. The number of fused-ring (bicyclic) bond motifs is 1. The fourth-order valence-corrected chi connectivity index (χ4v) is 2.80. The lowest BCUT2D eigenvalue weighted by molar-refractivity contribution is -0.146. The van der Waals surface area contributed by atoms with E-state index < -0.39 is 11.9 Å². The largest absolute Gasteiger partial charge is 0.481 e. The zero-order valence-electron chi connectivity index (χ0n) is 10.7. The molecule has 100 valence electrons. The van der Waals surface area contributed by atoms with Gasteiger partial charge < -0.3 is 10.0 Å². The third kappa shape index (κ3) is 1.85. The van der Waals surface area contributed by atoms with E-state index in [9.17, 15) is 9.59 Å². The highest BCUT2D eigenvalue weighted by Crippen LogP contribution is 2.33. The molecule has 1 aromatic rings. The van der Waals surface area contributed by atoms with Crippen LogP contribution in [0, 0.1) is 5.92 Å². The third-order valence-corrected chi connectivity index (χ3v) is 3.91. The topological polar surface area (TPSA) is 60.9 Å². The van der Waals surface area contributed by atoms with Crippen molar-refractivity contribution in [2.24, 2.45) is 5.92 Å². The number of nitrogens with zero attached hydrogens (tertiary/aromatic N) is 2. The van der Waals surface area contributed by atoms with Crippen LogP contribution in [0.4, 0.5) is 10.5 Å². The maximum absolute atomic E-state index is 12.4. The molecule has 1 fully saturated rings. The Hall–Kier alpha value is -2.04. The molecule has 2 aliphatic heterocycles. The van der Waals surface area contributed by atoms with Gasteiger partial charge in [0, 0.05) is 24.8 Å². The number of urea groups is 1. The maximum atomic E-state index is 12.4. The molecule has 0 spiro atoms. The molecule has 2 amide bonds. The first-order valence-corrected chi connectivity index (χ1v) is 6.47. The second-order valence-electron chi connectivity index (χ2n) is 5.27. The van der Waals surface area contributed by atoms with Crippen molar-refractivity contribution < 1.29 is 14.7 Å². The molecule has 1 N–H and O–H groups in total. The summed E-state index contributed by atoms with van der Waals surface area (Å²) in [5.41, 5.74) is 2.14. The number of carbonyl (C=O) groups excluding carboxylic acids is 1. The van der Waals surface area contributed by atoms with E-state index in [-0.39, 0.29) is 12.1 Å². The number of hydrogen-bond acceptors (Lipinski definition) is 2. The van der Waals surface area contributed by atoms with E-state index in [2.05, 4.69) is 0 Å². The van der Waals surface area contributed by atoms with Gasteiger partial charge in [0.15, 0.2) is 0 Å². The molecule has 5 nitrogen and oxygen atoms in total. The Kier molecular flexibility index (Phi) is 2.69. The standard InChI is InChI=1S/C14H16N2O3/c1-9-6-10-4-2-3-5-12(10)16(9)14(19)15-7-11(8-15)13(17)18/h2-5,9,11H,6-8H2,1H3,(H,17,18). The number of para-hydroxylation sites is 1. The number of carbonyl (C=O) groups is 2. The zero-order chi connectivity index (χ0) is 13.6. The van der Waals surface area contributed by atoms with E-state index in [1.54, 1.807) is 9.80 Å². The summed E-state index contributed by atoms with van der Waals surface area (Å²) in [7, 11) is 0. The predicted octanol–water partition coefficient (Wildman–Crippen LogP) is 1.57. The first kappa shape index (κ1) is 12.0. The summed E-state index contributed by atoms with van der Waals surface area (Å²) in [5, 5.41) is 8.86. The number of aliphatic carboxylic acids is 1. The number of benzene rings is 1. The molecule has 1 aromatic carbocycles. The van der Waals surface area contributed by atoms with Crippen molar-refractivity contribution in [3.63, 3.8) is 0 Å². The first-order valence-electron chi connectivity index (χ1n) is 6.47. The van der Waals surface area contributed by atoms with E-state index >= 15 is 0 Å². The molecule has 5 heteroatoms. The highest BCUT2D eigenvalue weighted by Gasteiger charge is 2.41. The number of likely N-dealkylation sites (tertiary alicyclic amines) is 1. The first-order chi connectivity index (χ1) is 9.08. The summed E-state index contributed by atoms with van der Waals surface area (Å²) in [6.45, 7) is 2.66. The highest BCUT2D eigenvalue weighted by molar-refractivity contribution is 5.96. The summed E-state index contributed by atoms with van der Waals surface area (Å²) in [6, 6.07) is 7.95. The molecule has 1 unspecified atom stereocenters. The summed E-state index contributed by atoms with van der Waals surface area (Å²) in [6.07, 6.45) is 0.859. The van der Waals surface area contributed by atoms with Gasteiger partial charge in [0.2, 0.25) is 0 Å². The lowest BCUT2D eigenvalue weighted by Gasteiger charge is -2.40. The van der Waals surface area contributed by atoms with E-state index in [4.69, 9.17) is 5.11 Å². The van der Waals surface area contributed by atoms with Crippen molar-refractivity contribution in [3.05, 3.63) is 29.8 Å². The van der Waals surface area contributed by atoms with Crippen molar-refractivity contribution >= 4 is 17.7 Å². The Morgan fingerprint density at radius 2 is 1.95 bits per heavy atom. The number of amides is 2. The number of rotatable bonds is 1. The molecule has 0 radical (unpaired) electrons. The number of anilines is 1. The molecule has 0 saturated carbocycles. The van der Waals surface area contributed by atoms with Crippen LogP contribution in [-0.2, 0) is 11.2 Å². The number of hydrogen-bond donors (Lipinski definition) is 1. The Morgan fingerprint density at radius 3 is 2.63 bits per heavy atom. The molecule has 2 heterocycles. The summed E-state index contributed by atoms with van der Waals surface area (Å²) in [5.74, 6) is -1.23. The van der Waals surface area contributed by atoms with Gasteiger partial charge in [-0.25, -0.2) is 4.79 Å². The van der Waals surface area contributed by atoms with Gasteiger partial charge in [-0.2, -0.15) is 0 Å². The fraction of sp³-hybridized carbons (Fsp3) is 0.429. The number of carboxylic acid groups (broad SMARTS) is 1. The second kappa shape index (κ2) is 4.26. The van der Waals surface area contributed by atoms with Crippen LogP contribution in [0.5, 0.6) is 0 Å².